The van der Waals surface area contributed by atoms with Gasteiger partial charge in [-0.05, 0) is 62.6 Å². The van der Waals surface area contributed by atoms with Gasteiger partial charge in [0, 0.05) is 36.2 Å². The molecule has 7 heteroatoms. The lowest BCUT2D eigenvalue weighted by atomic mass is 9.92. The van der Waals surface area contributed by atoms with Crippen molar-refractivity contribution in [2.45, 2.75) is 31.8 Å². The molecule has 29 heavy (non-hydrogen) atoms. The maximum Gasteiger partial charge on any atom is 0.253 e. The van der Waals surface area contributed by atoms with Crippen LogP contribution in [0.1, 0.15) is 35.3 Å². The Labute approximate surface area is 169 Å². The van der Waals surface area contributed by atoms with E-state index in [0.29, 0.717) is 37.3 Å². The van der Waals surface area contributed by atoms with Crippen molar-refractivity contribution in [1.82, 2.24) is 9.88 Å². The number of benzene rings is 1. The molecule has 1 aromatic carbocycles. The minimum absolute atomic E-state index is 0.00479. The van der Waals surface area contributed by atoms with Crippen molar-refractivity contribution < 1.29 is 18.7 Å². The van der Waals surface area contributed by atoms with Gasteiger partial charge in [0.15, 0.2) is 0 Å². The second kappa shape index (κ2) is 7.91. The third-order valence-corrected chi connectivity index (χ3v) is 5.72. The average Bonchev–Trinajstić information content (AvgIpc) is 2.93. The smallest absolute Gasteiger partial charge is 0.253 e. The van der Waals surface area contributed by atoms with Crippen molar-refractivity contribution in [3.63, 3.8) is 0 Å². The molecule has 0 N–H and O–H groups in total. The number of aryl methyl sites for hydroxylation is 1. The fraction of sp³-hybridized carbons (Fsp3) is 0.409. The van der Waals surface area contributed by atoms with Gasteiger partial charge in [-0.15, -0.1) is 0 Å². The maximum absolute atomic E-state index is 13.3. The standard InChI is InChI=1S/C22H24FN3O3/c1-16-13-17(7-10-24-16)21(28)25-11-2-8-22(9-12-25)15-26(20(27)14-29-22)19-5-3-18(23)4-6-19/h3-7,10,13H,2,8-9,11-12,14-15H2,1H3. The van der Waals surface area contributed by atoms with E-state index in [0.717, 1.165) is 18.5 Å². The molecule has 2 aliphatic heterocycles. The number of nitrogens with zero attached hydrogens (tertiary/aromatic N) is 3. The molecule has 1 unspecified atom stereocenters. The van der Waals surface area contributed by atoms with Crippen LogP contribution in [0.3, 0.4) is 0 Å². The van der Waals surface area contributed by atoms with Crippen LogP contribution in [0, 0.1) is 12.7 Å². The molecule has 2 aromatic rings. The molecule has 0 radical (unpaired) electrons. The van der Waals surface area contributed by atoms with E-state index in [9.17, 15) is 14.0 Å². The number of carbonyl (C=O) groups is 2. The zero-order chi connectivity index (χ0) is 20.4. The highest BCUT2D eigenvalue weighted by Crippen LogP contribution is 2.33. The summed E-state index contributed by atoms with van der Waals surface area (Å²) in [6, 6.07) is 9.48. The van der Waals surface area contributed by atoms with Gasteiger partial charge in [0.2, 0.25) is 0 Å². The lowest BCUT2D eigenvalue weighted by Crippen LogP contribution is -2.55. The van der Waals surface area contributed by atoms with Gasteiger partial charge < -0.3 is 14.5 Å². The first-order valence-corrected chi connectivity index (χ1v) is 9.88. The van der Waals surface area contributed by atoms with Crippen LogP contribution >= 0.6 is 0 Å². The molecular formula is C22H24FN3O3. The van der Waals surface area contributed by atoms with Gasteiger partial charge >= 0.3 is 0 Å². The molecule has 2 aliphatic rings. The minimum atomic E-state index is -0.495. The Hall–Kier alpha value is -2.80. The summed E-state index contributed by atoms with van der Waals surface area (Å²) in [7, 11) is 0. The molecule has 0 saturated carbocycles. The number of aromatic nitrogens is 1. The van der Waals surface area contributed by atoms with E-state index in [-0.39, 0.29) is 24.2 Å². The Morgan fingerprint density at radius 3 is 2.72 bits per heavy atom. The fourth-order valence-corrected chi connectivity index (χ4v) is 4.11. The zero-order valence-electron chi connectivity index (χ0n) is 16.4. The molecule has 1 atom stereocenters. The van der Waals surface area contributed by atoms with Crippen LogP contribution in [0.2, 0.25) is 0 Å². The summed E-state index contributed by atoms with van der Waals surface area (Å²) in [6.45, 7) is 3.48. The molecule has 1 aromatic heterocycles. The van der Waals surface area contributed by atoms with E-state index in [1.54, 1.807) is 35.4 Å². The Morgan fingerprint density at radius 2 is 1.97 bits per heavy atom. The van der Waals surface area contributed by atoms with Crippen molar-refractivity contribution in [2.24, 2.45) is 0 Å². The lowest BCUT2D eigenvalue weighted by molar-refractivity contribution is -0.140. The molecule has 1 spiro atoms. The van der Waals surface area contributed by atoms with Crippen molar-refractivity contribution in [2.75, 3.05) is 31.1 Å². The van der Waals surface area contributed by atoms with Crippen LogP contribution in [0.5, 0.6) is 0 Å². The van der Waals surface area contributed by atoms with E-state index < -0.39 is 5.60 Å². The summed E-state index contributed by atoms with van der Waals surface area (Å²) in [5, 5.41) is 0. The predicted octanol–water partition coefficient (Wildman–Crippen LogP) is 2.96. The molecule has 0 bridgehead atoms. The third-order valence-electron chi connectivity index (χ3n) is 5.72. The number of hydrogen-bond donors (Lipinski definition) is 0. The molecule has 4 rings (SSSR count). The third kappa shape index (κ3) is 4.15. The van der Waals surface area contributed by atoms with Gasteiger partial charge in [0.25, 0.3) is 11.8 Å². The van der Waals surface area contributed by atoms with Crippen molar-refractivity contribution in [3.05, 3.63) is 59.7 Å². The summed E-state index contributed by atoms with van der Waals surface area (Å²) in [4.78, 5) is 33.0. The van der Waals surface area contributed by atoms with E-state index in [4.69, 9.17) is 4.74 Å². The molecule has 2 amide bonds. The van der Waals surface area contributed by atoms with Crippen molar-refractivity contribution in [1.29, 1.82) is 0 Å². The molecule has 2 saturated heterocycles. The summed E-state index contributed by atoms with van der Waals surface area (Å²) in [5.41, 5.74) is 1.63. The number of morpholine rings is 1. The lowest BCUT2D eigenvalue weighted by Gasteiger charge is -2.42. The number of anilines is 1. The molecule has 0 aliphatic carbocycles. The van der Waals surface area contributed by atoms with Gasteiger partial charge in [0.05, 0.1) is 12.1 Å². The highest BCUT2D eigenvalue weighted by Gasteiger charge is 2.42. The highest BCUT2D eigenvalue weighted by atomic mass is 19.1. The zero-order valence-corrected chi connectivity index (χ0v) is 16.4. The first kappa shape index (κ1) is 19.5. The van der Waals surface area contributed by atoms with Crippen LogP contribution < -0.4 is 4.90 Å². The Bertz CT molecular complexity index is 918. The van der Waals surface area contributed by atoms with Gasteiger partial charge in [-0.1, -0.05) is 0 Å². The molecule has 3 heterocycles. The summed E-state index contributed by atoms with van der Waals surface area (Å²) in [5.74, 6) is -0.472. The van der Waals surface area contributed by atoms with Crippen LogP contribution in [-0.4, -0.2) is 53.5 Å². The number of likely N-dealkylation sites (tertiary alicyclic amines) is 1. The number of rotatable bonds is 2. The Kier molecular flexibility index (Phi) is 5.32. The van der Waals surface area contributed by atoms with Crippen molar-refractivity contribution in [3.8, 4) is 0 Å². The number of amides is 2. The highest BCUT2D eigenvalue weighted by molar-refractivity contribution is 5.95. The van der Waals surface area contributed by atoms with Gasteiger partial charge in [-0.3, -0.25) is 14.6 Å². The van der Waals surface area contributed by atoms with Crippen molar-refractivity contribution >= 4 is 17.5 Å². The van der Waals surface area contributed by atoms with Gasteiger partial charge in [-0.2, -0.15) is 0 Å². The first-order chi connectivity index (χ1) is 14.0. The summed E-state index contributed by atoms with van der Waals surface area (Å²) in [6.07, 6.45) is 3.85. The first-order valence-electron chi connectivity index (χ1n) is 9.88. The number of ether oxygens (including phenoxy) is 1. The number of halogens is 1. The summed E-state index contributed by atoms with van der Waals surface area (Å²) >= 11 is 0. The van der Waals surface area contributed by atoms with E-state index in [1.165, 1.54) is 12.1 Å². The molecule has 152 valence electrons. The Morgan fingerprint density at radius 1 is 1.17 bits per heavy atom. The summed E-state index contributed by atoms with van der Waals surface area (Å²) < 4.78 is 19.3. The number of carbonyl (C=O) groups excluding carboxylic acids is 2. The fourth-order valence-electron chi connectivity index (χ4n) is 4.11. The molecular weight excluding hydrogens is 373 g/mol. The largest absolute Gasteiger partial charge is 0.363 e. The van der Waals surface area contributed by atoms with Crippen LogP contribution in [0.25, 0.3) is 0 Å². The number of pyridine rings is 1. The Balaban J connectivity index is 1.48. The van der Waals surface area contributed by atoms with Crippen LogP contribution in [0.15, 0.2) is 42.6 Å². The van der Waals surface area contributed by atoms with Gasteiger partial charge in [0.1, 0.15) is 12.4 Å². The molecule has 2 fully saturated rings. The normalized spacial score (nSPS) is 22.6. The monoisotopic (exact) mass is 397 g/mol. The van der Waals surface area contributed by atoms with Crippen LogP contribution in [-0.2, 0) is 9.53 Å². The quantitative estimate of drug-likeness (QED) is 0.782. The predicted molar refractivity (Wildman–Crippen MR) is 106 cm³/mol. The second-order valence-corrected chi connectivity index (χ2v) is 7.76. The van der Waals surface area contributed by atoms with E-state index >= 15 is 0 Å². The van der Waals surface area contributed by atoms with E-state index in [2.05, 4.69) is 4.98 Å². The molecule has 6 nitrogen and oxygen atoms in total. The number of hydrogen-bond acceptors (Lipinski definition) is 4. The topological polar surface area (TPSA) is 62.7 Å². The maximum atomic E-state index is 13.3. The average molecular weight is 397 g/mol. The van der Waals surface area contributed by atoms with E-state index in [1.807, 2.05) is 11.8 Å². The van der Waals surface area contributed by atoms with Crippen LogP contribution in [0.4, 0.5) is 10.1 Å². The second-order valence-electron chi connectivity index (χ2n) is 7.76. The SMILES string of the molecule is Cc1cc(C(=O)N2CCCC3(CC2)CN(c2ccc(F)cc2)C(=O)CO3)ccn1. The van der Waals surface area contributed by atoms with Gasteiger partial charge in [-0.25, -0.2) is 4.39 Å². The minimum Gasteiger partial charge on any atom is -0.363 e.